The summed E-state index contributed by atoms with van der Waals surface area (Å²) in [6.45, 7) is 1.61. The van der Waals surface area contributed by atoms with Crippen LogP contribution in [0.3, 0.4) is 0 Å². The van der Waals surface area contributed by atoms with Gasteiger partial charge in [-0.15, -0.1) is 0 Å². The van der Waals surface area contributed by atoms with Gasteiger partial charge in [-0.05, 0) is 25.1 Å². The third kappa shape index (κ3) is 3.27. The zero-order valence-corrected chi connectivity index (χ0v) is 10.5. The summed E-state index contributed by atoms with van der Waals surface area (Å²) in [5.74, 6) is -0.426. The molecule has 0 aliphatic rings. The van der Waals surface area contributed by atoms with Crippen molar-refractivity contribution in [2.75, 3.05) is 12.0 Å². The summed E-state index contributed by atoms with van der Waals surface area (Å²) in [5, 5.41) is 7.03. The van der Waals surface area contributed by atoms with Crippen LogP contribution in [0, 0.1) is 18.6 Å². The van der Waals surface area contributed by atoms with Crippen LogP contribution in [-0.2, 0) is 13.1 Å². The Morgan fingerprint density at radius 1 is 1.32 bits per heavy atom. The predicted octanol–water partition coefficient (Wildman–Crippen LogP) is 3.05. The van der Waals surface area contributed by atoms with Crippen LogP contribution in [-0.4, -0.2) is 16.5 Å². The molecule has 0 saturated carbocycles. The number of benzene rings is 1. The summed E-state index contributed by atoms with van der Waals surface area (Å²) in [6, 6.07) is 3.29. The van der Waals surface area contributed by atoms with Crippen molar-refractivity contribution in [3.8, 4) is 0 Å². The van der Waals surface area contributed by atoms with E-state index >= 15 is 0 Å². The Kier molecular flexibility index (Phi) is 4.09. The molecular weight excluding hydrogens is 255 g/mol. The number of hydrogen-bond donors (Lipinski definition) is 1. The molecule has 3 nitrogen and oxygen atoms in total. The van der Waals surface area contributed by atoms with E-state index in [1.807, 2.05) is 6.92 Å². The van der Waals surface area contributed by atoms with Crippen molar-refractivity contribution >= 4 is 5.82 Å². The number of alkyl halides is 1. The lowest BCUT2D eigenvalue weighted by atomic mass is 10.2. The van der Waals surface area contributed by atoms with E-state index in [1.54, 1.807) is 6.20 Å². The average Bonchev–Trinajstić information content (AvgIpc) is 2.71. The number of aryl methyl sites for hydroxylation is 2. The van der Waals surface area contributed by atoms with Gasteiger partial charge in [0.25, 0.3) is 0 Å². The predicted molar refractivity (Wildman–Crippen MR) is 66.6 cm³/mol. The molecule has 1 heterocycles. The Morgan fingerprint density at radius 2 is 2.11 bits per heavy atom. The first kappa shape index (κ1) is 13.5. The summed E-state index contributed by atoms with van der Waals surface area (Å²) < 4.78 is 40.1. The van der Waals surface area contributed by atoms with Crippen LogP contribution < -0.4 is 5.32 Å². The molecule has 2 aromatic rings. The first-order valence-corrected chi connectivity index (χ1v) is 5.88. The van der Waals surface area contributed by atoms with E-state index in [1.165, 1.54) is 4.68 Å². The fraction of sp³-hybridized carbons (Fsp3) is 0.308. The van der Waals surface area contributed by atoms with Gasteiger partial charge in [0.1, 0.15) is 18.3 Å². The zero-order valence-electron chi connectivity index (χ0n) is 10.5. The van der Waals surface area contributed by atoms with Crippen molar-refractivity contribution in [1.29, 1.82) is 0 Å². The Balaban J connectivity index is 2.07. The van der Waals surface area contributed by atoms with Crippen LogP contribution in [0.25, 0.3) is 0 Å². The second kappa shape index (κ2) is 5.77. The quantitative estimate of drug-likeness (QED) is 0.904. The first-order chi connectivity index (χ1) is 9.10. The SMILES string of the molecule is Cc1cn(CCF)nc1NCc1cc(F)ccc1F. The molecule has 1 aromatic carbocycles. The minimum absolute atomic E-state index is 0.122. The summed E-state index contributed by atoms with van der Waals surface area (Å²) in [7, 11) is 0. The summed E-state index contributed by atoms with van der Waals surface area (Å²) in [4.78, 5) is 0. The van der Waals surface area contributed by atoms with E-state index in [4.69, 9.17) is 0 Å². The standard InChI is InChI=1S/C13H14F3N3/c1-9-8-19(5-4-14)18-13(9)17-7-10-6-11(15)2-3-12(10)16/h2-3,6,8H,4-5,7H2,1H3,(H,17,18). The number of nitrogens with one attached hydrogen (secondary N) is 1. The van der Waals surface area contributed by atoms with Gasteiger partial charge < -0.3 is 5.32 Å². The van der Waals surface area contributed by atoms with E-state index in [0.29, 0.717) is 5.82 Å². The van der Waals surface area contributed by atoms with Crippen LogP contribution in [0.1, 0.15) is 11.1 Å². The van der Waals surface area contributed by atoms with Crippen LogP contribution in [0.4, 0.5) is 19.0 Å². The molecule has 0 aliphatic heterocycles. The third-order valence-electron chi connectivity index (χ3n) is 2.71. The second-order valence-electron chi connectivity index (χ2n) is 4.20. The van der Waals surface area contributed by atoms with Crippen LogP contribution in [0.15, 0.2) is 24.4 Å². The lowest BCUT2D eigenvalue weighted by Gasteiger charge is -2.06. The van der Waals surface area contributed by atoms with Gasteiger partial charge in [0, 0.05) is 23.9 Å². The summed E-state index contributed by atoms with van der Waals surface area (Å²) in [6.07, 6.45) is 1.70. The number of aromatic nitrogens is 2. The summed E-state index contributed by atoms with van der Waals surface area (Å²) >= 11 is 0. The fourth-order valence-corrected chi connectivity index (χ4v) is 1.75. The molecule has 19 heavy (non-hydrogen) atoms. The number of rotatable bonds is 5. The maximum Gasteiger partial charge on any atom is 0.151 e. The maximum atomic E-state index is 13.4. The minimum Gasteiger partial charge on any atom is -0.364 e. The van der Waals surface area contributed by atoms with Crippen molar-refractivity contribution in [1.82, 2.24) is 9.78 Å². The average molecular weight is 269 g/mol. The largest absolute Gasteiger partial charge is 0.364 e. The Labute approximate surface area is 109 Å². The van der Waals surface area contributed by atoms with Gasteiger partial charge in [-0.1, -0.05) is 0 Å². The number of halogens is 3. The summed E-state index contributed by atoms with van der Waals surface area (Å²) in [5.41, 5.74) is 1.05. The topological polar surface area (TPSA) is 29.9 Å². The van der Waals surface area contributed by atoms with Gasteiger partial charge >= 0.3 is 0 Å². The molecule has 1 aromatic heterocycles. The number of nitrogens with zero attached hydrogens (tertiary/aromatic N) is 2. The molecule has 0 unspecified atom stereocenters. The van der Waals surface area contributed by atoms with Crippen molar-refractivity contribution in [3.63, 3.8) is 0 Å². The monoisotopic (exact) mass is 269 g/mol. The molecule has 0 bridgehead atoms. The highest BCUT2D eigenvalue weighted by Crippen LogP contribution is 2.15. The van der Waals surface area contributed by atoms with Crippen molar-refractivity contribution in [2.24, 2.45) is 0 Å². The van der Waals surface area contributed by atoms with Gasteiger partial charge in [0.15, 0.2) is 5.82 Å². The molecule has 6 heteroatoms. The molecular formula is C13H14F3N3. The molecule has 2 rings (SSSR count). The van der Waals surface area contributed by atoms with Gasteiger partial charge in [0.05, 0.1) is 6.54 Å². The first-order valence-electron chi connectivity index (χ1n) is 5.88. The van der Waals surface area contributed by atoms with Crippen molar-refractivity contribution < 1.29 is 13.2 Å². The molecule has 0 atom stereocenters. The third-order valence-corrected chi connectivity index (χ3v) is 2.71. The van der Waals surface area contributed by atoms with E-state index in [9.17, 15) is 13.2 Å². The highest BCUT2D eigenvalue weighted by atomic mass is 19.1. The molecule has 0 amide bonds. The molecule has 1 N–H and O–H groups in total. The molecule has 0 aliphatic carbocycles. The van der Waals surface area contributed by atoms with Crippen molar-refractivity contribution in [2.45, 2.75) is 20.0 Å². The van der Waals surface area contributed by atoms with Crippen LogP contribution in [0.2, 0.25) is 0 Å². The fourth-order valence-electron chi connectivity index (χ4n) is 1.75. The van der Waals surface area contributed by atoms with E-state index in [2.05, 4.69) is 10.4 Å². The number of anilines is 1. The number of hydrogen-bond acceptors (Lipinski definition) is 2. The second-order valence-corrected chi connectivity index (χ2v) is 4.20. The Morgan fingerprint density at radius 3 is 2.84 bits per heavy atom. The molecule has 0 spiro atoms. The maximum absolute atomic E-state index is 13.4. The lowest BCUT2D eigenvalue weighted by Crippen LogP contribution is -2.05. The smallest absolute Gasteiger partial charge is 0.151 e. The molecule has 102 valence electrons. The Hall–Kier alpha value is -1.98. The van der Waals surface area contributed by atoms with E-state index < -0.39 is 18.3 Å². The van der Waals surface area contributed by atoms with Crippen LogP contribution in [0.5, 0.6) is 0 Å². The van der Waals surface area contributed by atoms with E-state index in [0.717, 1.165) is 23.8 Å². The molecule has 0 saturated heterocycles. The van der Waals surface area contributed by atoms with Crippen molar-refractivity contribution in [3.05, 3.63) is 47.2 Å². The highest BCUT2D eigenvalue weighted by molar-refractivity contribution is 5.42. The van der Waals surface area contributed by atoms with Gasteiger partial charge in [-0.2, -0.15) is 5.10 Å². The zero-order chi connectivity index (χ0) is 13.8. The molecule has 0 fully saturated rings. The lowest BCUT2D eigenvalue weighted by molar-refractivity contribution is 0.427. The highest BCUT2D eigenvalue weighted by Gasteiger charge is 2.07. The molecule has 0 radical (unpaired) electrons. The van der Waals surface area contributed by atoms with E-state index in [-0.39, 0.29) is 18.7 Å². The van der Waals surface area contributed by atoms with Gasteiger partial charge in [-0.3, -0.25) is 4.68 Å². The van der Waals surface area contributed by atoms with Gasteiger partial charge in [-0.25, -0.2) is 13.2 Å². The minimum atomic E-state index is -0.501. The Bertz CT molecular complexity index is 566. The van der Waals surface area contributed by atoms with Crippen LogP contribution >= 0.6 is 0 Å². The normalized spacial score (nSPS) is 10.7. The van der Waals surface area contributed by atoms with Gasteiger partial charge in [0.2, 0.25) is 0 Å².